The van der Waals surface area contributed by atoms with E-state index in [1.165, 1.54) is 32.6 Å². The summed E-state index contributed by atoms with van der Waals surface area (Å²) in [6.45, 7) is 2.37. The molecule has 7 nitrogen and oxygen atoms in total. The van der Waals surface area contributed by atoms with Gasteiger partial charge in [0, 0.05) is 0 Å². The van der Waals surface area contributed by atoms with Crippen LogP contribution in [0.5, 0.6) is 17.2 Å². The van der Waals surface area contributed by atoms with E-state index in [0.29, 0.717) is 29.4 Å². The molecule has 2 rings (SSSR count). The number of rotatable bonds is 8. The number of hydrazone groups is 1. The van der Waals surface area contributed by atoms with Crippen molar-refractivity contribution in [1.82, 2.24) is 4.83 Å². The first-order valence-electron chi connectivity index (χ1n) is 7.50. The fraction of sp³-hybridized carbons (Fsp3) is 0.235. The second kappa shape index (κ2) is 8.39. The fourth-order valence-corrected chi connectivity index (χ4v) is 2.83. The minimum absolute atomic E-state index is 0.0976. The lowest BCUT2D eigenvalue weighted by Gasteiger charge is -2.08. The number of benzene rings is 2. The van der Waals surface area contributed by atoms with Crippen LogP contribution in [0, 0.1) is 0 Å². The Hall–Kier alpha value is -2.74. The monoisotopic (exact) mass is 364 g/mol. The zero-order chi connectivity index (χ0) is 18.3. The Balaban J connectivity index is 2.09. The summed E-state index contributed by atoms with van der Waals surface area (Å²) in [5.41, 5.74) is 0.659. The molecule has 1 N–H and O–H groups in total. The zero-order valence-corrected chi connectivity index (χ0v) is 15.0. The number of nitrogens with zero attached hydrogens (tertiary/aromatic N) is 1. The summed E-state index contributed by atoms with van der Waals surface area (Å²) in [6.07, 6.45) is 1.38. The molecule has 0 heterocycles. The van der Waals surface area contributed by atoms with E-state index in [4.69, 9.17) is 14.2 Å². The lowest BCUT2D eigenvalue weighted by atomic mass is 10.2. The molecule has 8 heteroatoms. The van der Waals surface area contributed by atoms with E-state index < -0.39 is 10.0 Å². The van der Waals surface area contributed by atoms with Crippen molar-refractivity contribution >= 4 is 16.2 Å². The molecule has 0 atom stereocenters. The lowest BCUT2D eigenvalue weighted by Crippen LogP contribution is -2.18. The van der Waals surface area contributed by atoms with Crippen molar-refractivity contribution in [3.63, 3.8) is 0 Å². The van der Waals surface area contributed by atoms with Gasteiger partial charge in [-0.1, -0.05) is 0 Å². The minimum atomic E-state index is -3.75. The molecule has 2 aromatic carbocycles. The Morgan fingerprint density at radius 2 is 1.72 bits per heavy atom. The van der Waals surface area contributed by atoms with E-state index in [0.717, 1.165) is 0 Å². The summed E-state index contributed by atoms with van der Waals surface area (Å²) in [5, 5.41) is 3.79. The summed E-state index contributed by atoms with van der Waals surface area (Å²) < 4.78 is 40.0. The molecule has 0 aliphatic heterocycles. The second-order valence-corrected chi connectivity index (χ2v) is 6.53. The van der Waals surface area contributed by atoms with Crippen molar-refractivity contribution < 1.29 is 22.6 Å². The van der Waals surface area contributed by atoms with Crippen LogP contribution >= 0.6 is 0 Å². The van der Waals surface area contributed by atoms with Gasteiger partial charge in [-0.05, 0) is 55.0 Å². The van der Waals surface area contributed by atoms with Gasteiger partial charge in [0.15, 0.2) is 11.5 Å². The Labute approximate surface area is 147 Å². The van der Waals surface area contributed by atoms with Gasteiger partial charge in [0.05, 0.1) is 31.9 Å². The number of methoxy groups -OCH3 is 2. The third kappa shape index (κ3) is 4.87. The van der Waals surface area contributed by atoms with Crippen molar-refractivity contribution in [3.05, 3.63) is 48.0 Å². The maximum atomic E-state index is 12.2. The second-order valence-electron chi connectivity index (χ2n) is 4.87. The number of ether oxygens (including phenoxy) is 3. The number of hydrogen-bond donors (Lipinski definition) is 1. The quantitative estimate of drug-likeness (QED) is 0.574. The van der Waals surface area contributed by atoms with E-state index in [9.17, 15) is 8.42 Å². The molecular formula is C17H20N2O5S. The van der Waals surface area contributed by atoms with Crippen molar-refractivity contribution in [2.45, 2.75) is 11.8 Å². The van der Waals surface area contributed by atoms with Gasteiger partial charge in [0.2, 0.25) is 0 Å². The average molecular weight is 364 g/mol. The first-order chi connectivity index (χ1) is 12.0. The summed E-state index contributed by atoms with van der Waals surface area (Å²) in [7, 11) is -0.691. The zero-order valence-electron chi connectivity index (χ0n) is 14.2. The predicted octanol–water partition coefficient (Wildman–Crippen LogP) is 2.41. The van der Waals surface area contributed by atoms with Gasteiger partial charge in [0.1, 0.15) is 5.75 Å². The Morgan fingerprint density at radius 1 is 1.04 bits per heavy atom. The van der Waals surface area contributed by atoms with Crippen LogP contribution in [0.25, 0.3) is 0 Å². The van der Waals surface area contributed by atoms with Crippen molar-refractivity contribution in [2.24, 2.45) is 5.10 Å². The molecule has 0 bridgehead atoms. The molecule has 0 aliphatic carbocycles. The normalized spacial score (nSPS) is 11.3. The van der Waals surface area contributed by atoms with E-state index in [-0.39, 0.29) is 4.90 Å². The molecule has 0 saturated carbocycles. The smallest absolute Gasteiger partial charge is 0.276 e. The first-order valence-corrected chi connectivity index (χ1v) is 8.98. The standard InChI is InChI=1S/C17H20N2O5S/c1-4-24-14-6-8-15(9-7-14)25(20,21)19-18-12-13-5-10-16(22-2)17(11-13)23-3/h5-12,19H,4H2,1-3H3/b18-12+. The Bertz CT molecular complexity index is 833. The van der Waals surface area contributed by atoms with Gasteiger partial charge in [-0.3, -0.25) is 0 Å². The SMILES string of the molecule is CCOc1ccc(S(=O)(=O)N/N=C/c2ccc(OC)c(OC)c2)cc1. The van der Waals surface area contributed by atoms with E-state index in [2.05, 4.69) is 9.93 Å². The van der Waals surface area contributed by atoms with E-state index in [1.807, 2.05) is 6.92 Å². The van der Waals surface area contributed by atoms with E-state index in [1.54, 1.807) is 30.3 Å². The molecule has 0 amide bonds. The summed E-state index contributed by atoms with van der Waals surface area (Å²) >= 11 is 0. The van der Waals surface area contributed by atoms with Crippen molar-refractivity contribution in [2.75, 3.05) is 20.8 Å². The minimum Gasteiger partial charge on any atom is -0.494 e. The summed E-state index contributed by atoms with van der Waals surface area (Å²) in [6, 6.07) is 11.2. The van der Waals surface area contributed by atoms with Crippen LogP contribution in [0.1, 0.15) is 12.5 Å². The third-order valence-corrected chi connectivity index (χ3v) is 4.48. The topological polar surface area (TPSA) is 86.2 Å². The maximum Gasteiger partial charge on any atom is 0.276 e. The molecule has 0 unspecified atom stereocenters. The van der Waals surface area contributed by atoms with Crippen LogP contribution < -0.4 is 19.0 Å². The molecule has 0 spiro atoms. The molecule has 0 aromatic heterocycles. The molecular weight excluding hydrogens is 344 g/mol. The van der Waals surface area contributed by atoms with Gasteiger partial charge < -0.3 is 14.2 Å². The molecule has 0 saturated heterocycles. The molecule has 134 valence electrons. The molecule has 0 fully saturated rings. The van der Waals surface area contributed by atoms with Crippen LogP contribution in [0.2, 0.25) is 0 Å². The molecule has 0 radical (unpaired) electrons. The first kappa shape index (κ1) is 18.6. The van der Waals surface area contributed by atoms with Gasteiger partial charge in [0.25, 0.3) is 10.0 Å². The van der Waals surface area contributed by atoms with E-state index >= 15 is 0 Å². The molecule has 2 aromatic rings. The summed E-state index contributed by atoms with van der Waals surface area (Å²) in [5.74, 6) is 1.71. The average Bonchev–Trinajstić information content (AvgIpc) is 2.62. The maximum absolute atomic E-state index is 12.2. The van der Waals surface area contributed by atoms with Crippen LogP contribution in [-0.4, -0.2) is 35.5 Å². The van der Waals surface area contributed by atoms with Crippen molar-refractivity contribution in [1.29, 1.82) is 0 Å². The highest BCUT2D eigenvalue weighted by atomic mass is 32.2. The highest BCUT2D eigenvalue weighted by molar-refractivity contribution is 7.89. The lowest BCUT2D eigenvalue weighted by molar-refractivity contribution is 0.340. The van der Waals surface area contributed by atoms with Crippen LogP contribution in [0.3, 0.4) is 0 Å². The highest BCUT2D eigenvalue weighted by Crippen LogP contribution is 2.26. The number of nitrogens with one attached hydrogen (secondary N) is 1. The largest absolute Gasteiger partial charge is 0.494 e. The van der Waals surface area contributed by atoms with Gasteiger partial charge in [-0.2, -0.15) is 13.5 Å². The van der Waals surface area contributed by atoms with Gasteiger partial charge >= 0.3 is 0 Å². The molecule has 25 heavy (non-hydrogen) atoms. The van der Waals surface area contributed by atoms with Crippen molar-refractivity contribution in [3.8, 4) is 17.2 Å². The Kier molecular flexibility index (Phi) is 6.24. The van der Waals surface area contributed by atoms with Crippen LogP contribution in [0.4, 0.5) is 0 Å². The summed E-state index contributed by atoms with van der Waals surface area (Å²) in [4.78, 5) is 2.27. The van der Waals surface area contributed by atoms with Crippen LogP contribution in [0.15, 0.2) is 52.5 Å². The Morgan fingerprint density at radius 3 is 2.32 bits per heavy atom. The van der Waals surface area contributed by atoms with Crippen LogP contribution in [-0.2, 0) is 10.0 Å². The number of sulfonamides is 1. The number of hydrogen-bond acceptors (Lipinski definition) is 6. The fourth-order valence-electron chi connectivity index (χ4n) is 2.04. The van der Waals surface area contributed by atoms with Gasteiger partial charge in [-0.25, -0.2) is 4.83 Å². The molecule has 0 aliphatic rings. The third-order valence-electron chi connectivity index (χ3n) is 3.24. The predicted molar refractivity (Wildman–Crippen MR) is 95.1 cm³/mol. The van der Waals surface area contributed by atoms with Gasteiger partial charge in [-0.15, -0.1) is 0 Å². The highest BCUT2D eigenvalue weighted by Gasteiger charge is 2.12.